The topological polar surface area (TPSA) is 59.3 Å². The maximum absolute atomic E-state index is 11.2. The number of aromatic nitrogens is 1. The number of hydrogen-bond acceptors (Lipinski definition) is 2. The second kappa shape index (κ2) is 3.89. The molecule has 1 aromatic heterocycles. The van der Waals surface area contributed by atoms with Crippen LogP contribution in [0.5, 0.6) is 0 Å². The van der Waals surface area contributed by atoms with Crippen molar-refractivity contribution in [3.05, 3.63) is 34.2 Å². The number of rotatable bonds is 3. The second-order valence-corrected chi connectivity index (χ2v) is 2.88. The van der Waals surface area contributed by atoms with Crippen LogP contribution in [-0.2, 0) is 11.3 Å². The molecule has 0 fully saturated rings. The van der Waals surface area contributed by atoms with Crippen LogP contribution in [0.1, 0.15) is 12.0 Å². The van der Waals surface area contributed by atoms with E-state index in [4.69, 9.17) is 5.11 Å². The predicted molar refractivity (Wildman–Crippen MR) is 47.7 cm³/mol. The van der Waals surface area contributed by atoms with Gasteiger partial charge in [-0.3, -0.25) is 9.59 Å². The van der Waals surface area contributed by atoms with E-state index in [0.717, 1.165) is 5.56 Å². The molecule has 0 saturated heterocycles. The molecule has 70 valence electrons. The summed E-state index contributed by atoms with van der Waals surface area (Å²) in [6.45, 7) is 2.09. The van der Waals surface area contributed by atoms with Crippen LogP contribution in [-0.4, -0.2) is 15.6 Å². The quantitative estimate of drug-likeness (QED) is 0.744. The number of carbonyl (C=O) groups is 1. The normalized spacial score (nSPS) is 9.92. The van der Waals surface area contributed by atoms with E-state index in [1.54, 1.807) is 12.3 Å². The largest absolute Gasteiger partial charge is 0.481 e. The van der Waals surface area contributed by atoms with Crippen molar-refractivity contribution in [2.75, 3.05) is 0 Å². The molecule has 4 nitrogen and oxygen atoms in total. The molecule has 0 aliphatic heterocycles. The fraction of sp³-hybridized carbons (Fsp3) is 0.333. The maximum atomic E-state index is 11.2. The Hall–Kier alpha value is -1.58. The number of aryl methyl sites for hydroxylation is 2. The van der Waals surface area contributed by atoms with Gasteiger partial charge in [0.15, 0.2) is 0 Å². The van der Waals surface area contributed by atoms with Gasteiger partial charge in [0, 0.05) is 18.8 Å². The molecule has 1 N–H and O–H groups in total. The second-order valence-electron chi connectivity index (χ2n) is 2.88. The first-order chi connectivity index (χ1) is 6.09. The van der Waals surface area contributed by atoms with Gasteiger partial charge in [0.1, 0.15) is 0 Å². The average Bonchev–Trinajstić information content (AvgIpc) is 2.06. The summed E-state index contributed by atoms with van der Waals surface area (Å²) in [5.41, 5.74) is 0.789. The van der Waals surface area contributed by atoms with E-state index in [9.17, 15) is 9.59 Å². The van der Waals surface area contributed by atoms with Gasteiger partial charge in [-0.25, -0.2) is 0 Å². The fourth-order valence-corrected chi connectivity index (χ4v) is 1.04. The zero-order valence-corrected chi connectivity index (χ0v) is 7.36. The van der Waals surface area contributed by atoms with E-state index >= 15 is 0 Å². The predicted octanol–water partition coefficient (Wildman–Crippen LogP) is 0.631. The molecular formula is C9H11NO3. The van der Waals surface area contributed by atoms with Crippen LogP contribution in [0.4, 0.5) is 0 Å². The van der Waals surface area contributed by atoms with Gasteiger partial charge in [0.05, 0.1) is 6.42 Å². The highest BCUT2D eigenvalue weighted by Crippen LogP contribution is 1.93. The summed E-state index contributed by atoms with van der Waals surface area (Å²) in [7, 11) is 0. The fourth-order valence-electron chi connectivity index (χ4n) is 1.04. The molecule has 0 radical (unpaired) electrons. The summed E-state index contributed by atoms with van der Waals surface area (Å²) in [6.07, 6.45) is 1.63. The Morgan fingerprint density at radius 3 is 2.85 bits per heavy atom. The van der Waals surface area contributed by atoms with Gasteiger partial charge >= 0.3 is 5.97 Å². The van der Waals surface area contributed by atoms with Crippen molar-refractivity contribution in [3.63, 3.8) is 0 Å². The van der Waals surface area contributed by atoms with Crippen molar-refractivity contribution >= 4 is 5.97 Å². The highest BCUT2D eigenvalue weighted by Gasteiger charge is 1.99. The van der Waals surface area contributed by atoms with Crippen LogP contribution in [0.3, 0.4) is 0 Å². The molecule has 0 aliphatic carbocycles. The molecule has 0 aliphatic rings. The van der Waals surface area contributed by atoms with Crippen LogP contribution in [0.2, 0.25) is 0 Å². The van der Waals surface area contributed by atoms with Crippen molar-refractivity contribution in [3.8, 4) is 0 Å². The molecule has 1 aromatic rings. The van der Waals surface area contributed by atoms with Crippen molar-refractivity contribution in [1.29, 1.82) is 0 Å². The first-order valence-electron chi connectivity index (χ1n) is 3.98. The number of carboxylic acids is 1. The van der Waals surface area contributed by atoms with Crippen LogP contribution in [0, 0.1) is 6.92 Å². The summed E-state index contributed by atoms with van der Waals surface area (Å²) in [6, 6.07) is 3.15. The molecule has 0 bridgehead atoms. The van der Waals surface area contributed by atoms with Crippen LogP contribution in [0.15, 0.2) is 23.1 Å². The molecule has 13 heavy (non-hydrogen) atoms. The Balaban J connectivity index is 2.82. The van der Waals surface area contributed by atoms with Gasteiger partial charge in [-0.15, -0.1) is 0 Å². The smallest absolute Gasteiger partial charge is 0.305 e. The van der Waals surface area contributed by atoms with E-state index in [0.29, 0.717) is 0 Å². The third-order valence-electron chi connectivity index (χ3n) is 1.70. The molecule has 0 atom stereocenters. The van der Waals surface area contributed by atoms with Crippen molar-refractivity contribution in [2.24, 2.45) is 0 Å². The highest BCUT2D eigenvalue weighted by molar-refractivity contribution is 5.66. The lowest BCUT2D eigenvalue weighted by atomic mass is 10.3. The molecule has 1 rings (SSSR count). The van der Waals surface area contributed by atoms with Crippen molar-refractivity contribution in [1.82, 2.24) is 4.57 Å². The van der Waals surface area contributed by atoms with Gasteiger partial charge in [-0.1, -0.05) is 6.07 Å². The molecule has 0 aromatic carbocycles. The molecule has 0 unspecified atom stereocenters. The lowest BCUT2D eigenvalue weighted by Crippen LogP contribution is -2.20. The van der Waals surface area contributed by atoms with Gasteiger partial charge in [0.25, 0.3) is 5.56 Å². The standard InChI is InChI=1S/C9H11NO3/c1-7-2-3-8(11)10(6-7)5-4-9(12)13/h2-3,6H,4-5H2,1H3,(H,12,13). The Kier molecular flexibility index (Phi) is 2.84. The molecule has 0 saturated carbocycles. The minimum atomic E-state index is -0.895. The first kappa shape index (κ1) is 9.51. The zero-order valence-electron chi connectivity index (χ0n) is 7.36. The Bertz CT molecular complexity index is 367. The van der Waals surface area contributed by atoms with Gasteiger partial charge in [0.2, 0.25) is 0 Å². The summed E-state index contributed by atoms with van der Waals surface area (Å²) in [5, 5.41) is 8.42. The van der Waals surface area contributed by atoms with Crippen LogP contribution >= 0.6 is 0 Å². The maximum Gasteiger partial charge on any atom is 0.305 e. The third-order valence-corrected chi connectivity index (χ3v) is 1.70. The Morgan fingerprint density at radius 1 is 1.54 bits per heavy atom. The molecular weight excluding hydrogens is 170 g/mol. The molecule has 0 amide bonds. The van der Waals surface area contributed by atoms with E-state index in [-0.39, 0.29) is 18.5 Å². The lowest BCUT2D eigenvalue weighted by molar-refractivity contribution is -0.137. The number of carboxylic acid groups (broad SMARTS) is 1. The summed E-state index contributed by atoms with van der Waals surface area (Å²) >= 11 is 0. The van der Waals surface area contributed by atoms with Gasteiger partial charge in [-0.2, -0.15) is 0 Å². The average molecular weight is 181 g/mol. The van der Waals surface area contributed by atoms with E-state index in [1.807, 2.05) is 6.92 Å². The number of pyridine rings is 1. The minimum Gasteiger partial charge on any atom is -0.481 e. The number of hydrogen-bond donors (Lipinski definition) is 1. The first-order valence-corrected chi connectivity index (χ1v) is 3.98. The Morgan fingerprint density at radius 2 is 2.23 bits per heavy atom. The lowest BCUT2D eigenvalue weighted by Gasteiger charge is -2.03. The van der Waals surface area contributed by atoms with E-state index < -0.39 is 5.97 Å². The van der Waals surface area contributed by atoms with Crippen molar-refractivity contribution < 1.29 is 9.90 Å². The number of nitrogens with zero attached hydrogens (tertiary/aromatic N) is 1. The SMILES string of the molecule is Cc1ccc(=O)n(CCC(=O)O)c1. The highest BCUT2D eigenvalue weighted by atomic mass is 16.4. The van der Waals surface area contributed by atoms with E-state index in [1.165, 1.54) is 10.6 Å². The molecule has 1 heterocycles. The minimum absolute atomic E-state index is 0.0244. The number of aliphatic carboxylic acids is 1. The molecule has 4 heteroatoms. The summed E-state index contributed by atoms with van der Waals surface area (Å²) < 4.78 is 1.41. The molecule has 0 spiro atoms. The summed E-state index contributed by atoms with van der Waals surface area (Å²) in [5.74, 6) is -0.895. The summed E-state index contributed by atoms with van der Waals surface area (Å²) in [4.78, 5) is 21.4. The van der Waals surface area contributed by atoms with E-state index in [2.05, 4.69) is 0 Å². The van der Waals surface area contributed by atoms with Gasteiger partial charge in [-0.05, 0) is 12.5 Å². The van der Waals surface area contributed by atoms with Crippen LogP contribution < -0.4 is 5.56 Å². The van der Waals surface area contributed by atoms with Gasteiger partial charge < -0.3 is 9.67 Å². The zero-order chi connectivity index (χ0) is 9.84. The van der Waals surface area contributed by atoms with Crippen LogP contribution in [0.25, 0.3) is 0 Å². The van der Waals surface area contributed by atoms with Crippen molar-refractivity contribution in [2.45, 2.75) is 19.9 Å². The monoisotopic (exact) mass is 181 g/mol. The Labute approximate surface area is 75.4 Å². The third kappa shape index (κ3) is 2.74.